The summed E-state index contributed by atoms with van der Waals surface area (Å²) in [6, 6.07) is 2.09. The lowest BCUT2D eigenvalue weighted by molar-refractivity contribution is 0.0798. The smallest absolute Gasteiger partial charge is 0.239 e. The highest BCUT2D eigenvalue weighted by Crippen LogP contribution is 2.15. The molecule has 1 saturated heterocycles. The first-order valence-electron chi connectivity index (χ1n) is 3.62. The number of hydrogen-bond donors (Lipinski definition) is 0. The molecule has 0 aromatic rings. The maximum absolute atomic E-state index is 11.6. The average Bonchev–Trinajstić information content (AvgIpc) is 1.84. The Morgan fingerprint density at radius 3 is 2.64 bits per heavy atom. The van der Waals surface area contributed by atoms with E-state index in [9.17, 15) is 8.78 Å². The van der Waals surface area contributed by atoms with Crippen molar-refractivity contribution in [1.82, 2.24) is 4.90 Å². The maximum atomic E-state index is 11.6. The third kappa shape index (κ3) is 2.43. The highest BCUT2D eigenvalue weighted by molar-refractivity contribution is 4.94. The predicted octanol–water partition coefficient (Wildman–Crippen LogP) is 1.10. The lowest BCUT2D eigenvalue weighted by Crippen LogP contribution is -2.46. The number of halogens is 2. The second-order valence-corrected chi connectivity index (χ2v) is 2.77. The predicted molar refractivity (Wildman–Crippen MR) is 36.2 cm³/mol. The van der Waals surface area contributed by atoms with Gasteiger partial charge in [0.15, 0.2) is 0 Å². The van der Waals surface area contributed by atoms with E-state index in [1.807, 2.05) is 4.90 Å². The number of nitrogens with zero attached hydrogens (tertiary/aromatic N) is 2. The van der Waals surface area contributed by atoms with Crippen molar-refractivity contribution in [2.24, 2.45) is 5.92 Å². The van der Waals surface area contributed by atoms with Gasteiger partial charge < -0.3 is 4.90 Å². The molecule has 4 heteroatoms. The average molecular weight is 160 g/mol. The molecule has 0 aromatic carbocycles. The van der Waals surface area contributed by atoms with E-state index >= 15 is 0 Å². The van der Waals surface area contributed by atoms with E-state index in [4.69, 9.17) is 5.26 Å². The van der Waals surface area contributed by atoms with Crippen LogP contribution in [-0.2, 0) is 0 Å². The standard InChI is InChI=1S/C7H10F2N2/c8-7(9)1-2-11-4-6(3-10)5-11/h6-7H,1-2,4-5H2. The third-order valence-electron chi connectivity index (χ3n) is 1.80. The molecule has 0 amide bonds. The van der Waals surface area contributed by atoms with Crippen LogP contribution in [0.2, 0.25) is 0 Å². The monoisotopic (exact) mass is 160 g/mol. The fourth-order valence-corrected chi connectivity index (χ4v) is 1.11. The Hall–Kier alpha value is -0.690. The Bertz CT molecular complexity index is 158. The van der Waals surface area contributed by atoms with E-state index in [0.717, 1.165) is 0 Å². The van der Waals surface area contributed by atoms with Crippen molar-refractivity contribution in [1.29, 1.82) is 5.26 Å². The van der Waals surface area contributed by atoms with Crippen LogP contribution in [0.3, 0.4) is 0 Å². The van der Waals surface area contributed by atoms with Crippen LogP contribution >= 0.6 is 0 Å². The molecule has 11 heavy (non-hydrogen) atoms. The molecule has 0 bridgehead atoms. The van der Waals surface area contributed by atoms with Crippen molar-refractivity contribution in [3.8, 4) is 6.07 Å². The van der Waals surface area contributed by atoms with Crippen LogP contribution < -0.4 is 0 Å². The Kier molecular flexibility index (Phi) is 2.77. The first kappa shape index (κ1) is 8.41. The van der Waals surface area contributed by atoms with Gasteiger partial charge in [0.05, 0.1) is 12.0 Å². The molecule has 1 aliphatic heterocycles. The molecule has 0 N–H and O–H groups in total. The highest BCUT2D eigenvalue weighted by Gasteiger charge is 2.26. The molecular formula is C7H10F2N2. The molecule has 1 rings (SSSR count). The van der Waals surface area contributed by atoms with Crippen LogP contribution in [0, 0.1) is 17.2 Å². The van der Waals surface area contributed by atoms with Gasteiger partial charge in [0.1, 0.15) is 0 Å². The van der Waals surface area contributed by atoms with Gasteiger partial charge in [0.25, 0.3) is 0 Å². The van der Waals surface area contributed by atoms with Crippen molar-refractivity contribution in [3.63, 3.8) is 0 Å². The fraction of sp³-hybridized carbons (Fsp3) is 0.857. The molecule has 0 aromatic heterocycles. The molecule has 2 nitrogen and oxygen atoms in total. The van der Waals surface area contributed by atoms with Crippen LogP contribution in [0.25, 0.3) is 0 Å². The van der Waals surface area contributed by atoms with Crippen LogP contribution in [0.4, 0.5) is 8.78 Å². The van der Waals surface area contributed by atoms with E-state index in [-0.39, 0.29) is 12.3 Å². The van der Waals surface area contributed by atoms with E-state index in [1.54, 1.807) is 0 Å². The van der Waals surface area contributed by atoms with Crippen molar-refractivity contribution in [2.45, 2.75) is 12.8 Å². The van der Waals surface area contributed by atoms with Gasteiger partial charge in [-0.2, -0.15) is 5.26 Å². The third-order valence-corrected chi connectivity index (χ3v) is 1.80. The van der Waals surface area contributed by atoms with Gasteiger partial charge in [0.2, 0.25) is 6.43 Å². The lowest BCUT2D eigenvalue weighted by atomic mass is 10.0. The number of rotatable bonds is 3. The van der Waals surface area contributed by atoms with Crippen LogP contribution in [0.1, 0.15) is 6.42 Å². The zero-order valence-electron chi connectivity index (χ0n) is 6.13. The number of likely N-dealkylation sites (tertiary alicyclic amines) is 1. The first-order chi connectivity index (χ1) is 5.22. The summed E-state index contributed by atoms with van der Waals surface area (Å²) < 4.78 is 23.3. The van der Waals surface area contributed by atoms with Gasteiger partial charge >= 0.3 is 0 Å². The Morgan fingerprint density at radius 2 is 2.18 bits per heavy atom. The first-order valence-corrected chi connectivity index (χ1v) is 3.62. The lowest BCUT2D eigenvalue weighted by Gasteiger charge is -2.34. The SMILES string of the molecule is N#CC1CN(CCC(F)F)C1. The van der Waals surface area contributed by atoms with Crippen molar-refractivity contribution in [2.75, 3.05) is 19.6 Å². The molecule has 0 aliphatic carbocycles. The van der Waals surface area contributed by atoms with Crippen LogP contribution in [0.5, 0.6) is 0 Å². The second-order valence-electron chi connectivity index (χ2n) is 2.77. The summed E-state index contributed by atoms with van der Waals surface area (Å²) in [4.78, 5) is 1.88. The molecule has 62 valence electrons. The van der Waals surface area contributed by atoms with Gasteiger partial charge in [-0.3, -0.25) is 0 Å². The van der Waals surface area contributed by atoms with Gasteiger partial charge in [0, 0.05) is 26.1 Å². The summed E-state index contributed by atoms with van der Waals surface area (Å²) in [5, 5.41) is 8.36. The Labute approximate surface area is 64.4 Å². The van der Waals surface area contributed by atoms with Crippen LogP contribution in [0.15, 0.2) is 0 Å². The minimum absolute atomic E-state index is 0.0713. The molecule has 0 saturated carbocycles. The zero-order valence-corrected chi connectivity index (χ0v) is 6.13. The minimum Gasteiger partial charge on any atom is -0.300 e. The number of nitriles is 1. The summed E-state index contributed by atoms with van der Waals surface area (Å²) in [6.07, 6.45) is -2.28. The van der Waals surface area contributed by atoms with E-state index in [1.165, 1.54) is 0 Å². The quantitative estimate of drug-likeness (QED) is 0.618. The van der Waals surface area contributed by atoms with Gasteiger partial charge in [-0.1, -0.05) is 0 Å². The van der Waals surface area contributed by atoms with Crippen molar-refractivity contribution < 1.29 is 8.78 Å². The molecule has 1 heterocycles. The van der Waals surface area contributed by atoms with Crippen molar-refractivity contribution >= 4 is 0 Å². The maximum Gasteiger partial charge on any atom is 0.239 e. The summed E-state index contributed by atoms with van der Waals surface area (Å²) in [7, 11) is 0. The summed E-state index contributed by atoms with van der Waals surface area (Å²) >= 11 is 0. The molecule has 0 spiro atoms. The van der Waals surface area contributed by atoms with Gasteiger partial charge in [-0.25, -0.2) is 8.78 Å². The molecule has 1 fully saturated rings. The van der Waals surface area contributed by atoms with E-state index in [2.05, 4.69) is 6.07 Å². The highest BCUT2D eigenvalue weighted by atomic mass is 19.3. The minimum atomic E-state index is -2.21. The largest absolute Gasteiger partial charge is 0.300 e. The molecule has 0 unspecified atom stereocenters. The summed E-state index contributed by atoms with van der Waals surface area (Å²) in [6.45, 7) is 1.77. The zero-order chi connectivity index (χ0) is 8.27. The molecular weight excluding hydrogens is 150 g/mol. The summed E-state index contributed by atoms with van der Waals surface area (Å²) in [5.74, 6) is 0.0765. The van der Waals surface area contributed by atoms with Crippen LogP contribution in [-0.4, -0.2) is 31.0 Å². The molecule has 0 atom stereocenters. The fourth-order valence-electron chi connectivity index (χ4n) is 1.11. The number of alkyl halides is 2. The van der Waals surface area contributed by atoms with Gasteiger partial charge in [-0.15, -0.1) is 0 Å². The second kappa shape index (κ2) is 3.63. The normalized spacial score (nSPS) is 19.8. The summed E-state index contributed by atoms with van der Waals surface area (Å²) in [5.41, 5.74) is 0. The van der Waals surface area contributed by atoms with Crippen molar-refractivity contribution in [3.05, 3.63) is 0 Å². The number of hydrogen-bond acceptors (Lipinski definition) is 2. The van der Waals surface area contributed by atoms with E-state index in [0.29, 0.717) is 19.6 Å². The topological polar surface area (TPSA) is 27.0 Å². The van der Waals surface area contributed by atoms with E-state index < -0.39 is 6.43 Å². The Morgan fingerprint density at radius 1 is 1.55 bits per heavy atom. The Balaban J connectivity index is 2.01. The molecule has 1 aliphatic rings. The molecule has 0 radical (unpaired) electrons. The van der Waals surface area contributed by atoms with Gasteiger partial charge in [-0.05, 0) is 0 Å².